The van der Waals surface area contributed by atoms with Gasteiger partial charge in [0.1, 0.15) is 5.75 Å². The van der Waals surface area contributed by atoms with Crippen LogP contribution in [0.4, 0.5) is 0 Å². The van der Waals surface area contributed by atoms with E-state index in [9.17, 15) is 4.79 Å². The predicted molar refractivity (Wildman–Crippen MR) is 98.8 cm³/mol. The molecule has 3 N–H and O–H groups in total. The number of amides is 1. The number of hydrogen-bond donors (Lipinski definition) is 2. The molecule has 1 amide bonds. The van der Waals surface area contributed by atoms with Gasteiger partial charge < -0.3 is 20.3 Å². The number of nitrogens with zero attached hydrogens (tertiary/aromatic N) is 2. The van der Waals surface area contributed by atoms with Crippen LogP contribution in [0.25, 0.3) is 0 Å². The van der Waals surface area contributed by atoms with Crippen molar-refractivity contribution in [2.75, 3.05) is 6.54 Å². The number of rotatable bonds is 9. The highest BCUT2D eigenvalue weighted by molar-refractivity contribution is 5.94. The average molecular weight is 360 g/mol. The lowest BCUT2D eigenvalue weighted by atomic mass is 9.90. The van der Waals surface area contributed by atoms with E-state index in [4.69, 9.17) is 15.0 Å². The van der Waals surface area contributed by atoms with E-state index in [0.717, 1.165) is 6.42 Å². The summed E-state index contributed by atoms with van der Waals surface area (Å²) in [5.74, 6) is 2.01. The van der Waals surface area contributed by atoms with Crippen LogP contribution in [0, 0.1) is 5.92 Å². The minimum Gasteiger partial charge on any atom is -0.485 e. The first-order valence-electron chi connectivity index (χ1n) is 8.92. The van der Waals surface area contributed by atoms with Gasteiger partial charge in [0, 0.05) is 24.1 Å². The molecule has 7 heteroatoms. The number of ether oxygens (including phenoxy) is 1. The van der Waals surface area contributed by atoms with Crippen LogP contribution in [-0.2, 0) is 13.0 Å². The van der Waals surface area contributed by atoms with Gasteiger partial charge in [0.15, 0.2) is 6.61 Å². The molecule has 1 aromatic heterocycles. The van der Waals surface area contributed by atoms with E-state index >= 15 is 0 Å². The van der Waals surface area contributed by atoms with Gasteiger partial charge in [-0.1, -0.05) is 25.9 Å². The third-order valence-electron chi connectivity index (χ3n) is 4.02. The zero-order chi connectivity index (χ0) is 19.2. The minimum atomic E-state index is -0.421. The molecule has 1 heterocycles. The van der Waals surface area contributed by atoms with Crippen molar-refractivity contribution in [2.45, 2.75) is 52.7 Å². The van der Waals surface area contributed by atoms with Gasteiger partial charge in [0.2, 0.25) is 11.7 Å². The molecule has 0 aliphatic rings. The van der Waals surface area contributed by atoms with E-state index in [1.807, 2.05) is 13.8 Å². The van der Waals surface area contributed by atoms with E-state index in [2.05, 4.69) is 29.3 Å². The van der Waals surface area contributed by atoms with Crippen molar-refractivity contribution in [3.8, 4) is 5.75 Å². The van der Waals surface area contributed by atoms with E-state index in [1.54, 1.807) is 24.3 Å². The number of nitrogens with two attached hydrogens (primary N) is 1. The molecule has 142 valence electrons. The van der Waals surface area contributed by atoms with Gasteiger partial charge in [0.05, 0.1) is 0 Å². The number of nitrogens with one attached hydrogen (secondary N) is 1. The van der Waals surface area contributed by atoms with Crippen LogP contribution in [0.5, 0.6) is 5.75 Å². The fourth-order valence-electron chi connectivity index (χ4n) is 2.78. The zero-order valence-corrected chi connectivity index (χ0v) is 15.9. The van der Waals surface area contributed by atoms with Crippen LogP contribution < -0.4 is 15.8 Å². The van der Waals surface area contributed by atoms with Gasteiger partial charge >= 0.3 is 0 Å². The highest BCUT2D eigenvalue weighted by Gasteiger charge is 2.26. The van der Waals surface area contributed by atoms with Gasteiger partial charge in [-0.15, -0.1) is 0 Å². The Labute approximate surface area is 154 Å². The van der Waals surface area contributed by atoms with Crippen molar-refractivity contribution in [3.05, 3.63) is 41.5 Å². The highest BCUT2D eigenvalue weighted by atomic mass is 16.5. The van der Waals surface area contributed by atoms with Crippen molar-refractivity contribution in [1.82, 2.24) is 15.5 Å². The first-order chi connectivity index (χ1) is 12.3. The molecule has 0 spiro atoms. The Morgan fingerprint density at radius 2 is 2.04 bits per heavy atom. The van der Waals surface area contributed by atoms with Crippen molar-refractivity contribution in [1.29, 1.82) is 0 Å². The molecular formula is C19H28N4O3. The summed E-state index contributed by atoms with van der Waals surface area (Å²) in [5, 5.41) is 6.87. The summed E-state index contributed by atoms with van der Waals surface area (Å²) < 4.78 is 10.7. The fraction of sp³-hybridized carbons (Fsp3) is 0.526. The van der Waals surface area contributed by atoms with E-state index in [-0.39, 0.29) is 12.5 Å². The molecule has 0 aliphatic carbocycles. The van der Waals surface area contributed by atoms with Crippen molar-refractivity contribution in [3.63, 3.8) is 0 Å². The maximum absolute atomic E-state index is 12.5. The molecule has 0 radical (unpaired) electrons. The summed E-state index contributed by atoms with van der Waals surface area (Å²) in [5.41, 5.74) is 6.00. The van der Waals surface area contributed by atoms with E-state index in [1.165, 1.54) is 0 Å². The Kier molecular flexibility index (Phi) is 6.74. The molecule has 1 aromatic carbocycles. The van der Waals surface area contributed by atoms with Gasteiger partial charge in [-0.3, -0.25) is 4.79 Å². The number of aryl methyl sites for hydroxylation is 1. The van der Waals surface area contributed by atoms with Crippen LogP contribution in [0.15, 0.2) is 28.8 Å². The first-order valence-corrected chi connectivity index (χ1v) is 8.92. The van der Waals surface area contributed by atoms with Crippen LogP contribution in [0.3, 0.4) is 0 Å². The molecule has 0 fully saturated rings. The molecule has 2 rings (SSSR count). The lowest BCUT2D eigenvalue weighted by Crippen LogP contribution is -2.52. The largest absolute Gasteiger partial charge is 0.485 e. The number of carbonyl (C=O) groups excluding carboxylic acids is 1. The topological polar surface area (TPSA) is 103 Å². The number of aromatic nitrogens is 2. The Bertz CT molecular complexity index is 712. The third-order valence-corrected chi connectivity index (χ3v) is 4.02. The molecule has 0 aliphatic heterocycles. The molecule has 0 saturated carbocycles. The zero-order valence-electron chi connectivity index (χ0n) is 15.9. The molecule has 26 heavy (non-hydrogen) atoms. The Morgan fingerprint density at radius 1 is 1.35 bits per heavy atom. The molecular weight excluding hydrogens is 332 g/mol. The van der Waals surface area contributed by atoms with Gasteiger partial charge in [-0.2, -0.15) is 4.98 Å². The summed E-state index contributed by atoms with van der Waals surface area (Å²) in [6, 6.07) is 6.95. The monoisotopic (exact) mass is 360 g/mol. The predicted octanol–water partition coefficient (Wildman–Crippen LogP) is 2.70. The first kappa shape index (κ1) is 19.9. The van der Waals surface area contributed by atoms with Crippen LogP contribution in [0.1, 0.15) is 56.2 Å². The number of benzene rings is 1. The van der Waals surface area contributed by atoms with Gasteiger partial charge in [-0.05, 0) is 43.5 Å². The summed E-state index contributed by atoms with van der Waals surface area (Å²) >= 11 is 0. The normalized spacial score (nSPS) is 13.5. The molecule has 2 aromatic rings. The second-order valence-electron chi connectivity index (χ2n) is 7.09. The van der Waals surface area contributed by atoms with E-state index in [0.29, 0.717) is 41.9 Å². The van der Waals surface area contributed by atoms with Gasteiger partial charge in [0.25, 0.3) is 5.91 Å². The van der Waals surface area contributed by atoms with Crippen LogP contribution in [0.2, 0.25) is 0 Å². The SMILES string of the molecule is CCc1nc(COc2ccc(C(=O)NC(C)(CN)CC(C)C)cc2)no1. The van der Waals surface area contributed by atoms with Crippen LogP contribution in [-0.4, -0.2) is 28.1 Å². The maximum atomic E-state index is 12.5. The second kappa shape index (κ2) is 8.80. The summed E-state index contributed by atoms with van der Waals surface area (Å²) in [7, 11) is 0. The number of hydrogen-bond acceptors (Lipinski definition) is 6. The fourth-order valence-corrected chi connectivity index (χ4v) is 2.78. The quantitative estimate of drug-likeness (QED) is 0.713. The summed E-state index contributed by atoms with van der Waals surface area (Å²) in [4.78, 5) is 16.7. The summed E-state index contributed by atoms with van der Waals surface area (Å²) in [6.07, 6.45) is 1.51. The molecule has 0 bridgehead atoms. The Balaban J connectivity index is 1.94. The minimum absolute atomic E-state index is 0.143. The lowest BCUT2D eigenvalue weighted by molar-refractivity contribution is 0.0898. The van der Waals surface area contributed by atoms with Crippen molar-refractivity contribution in [2.24, 2.45) is 11.7 Å². The number of carbonyl (C=O) groups is 1. The standard InChI is InChI=1S/C19H28N4O3/c1-5-17-21-16(23-26-17)11-25-15-8-6-14(7-9-15)18(24)22-19(4,12-20)10-13(2)3/h6-9,13H,5,10-12,20H2,1-4H3,(H,22,24). The van der Waals surface area contributed by atoms with Crippen LogP contribution >= 0.6 is 0 Å². The smallest absolute Gasteiger partial charge is 0.251 e. The lowest BCUT2D eigenvalue weighted by Gasteiger charge is -2.31. The highest BCUT2D eigenvalue weighted by Crippen LogP contribution is 2.18. The van der Waals surface area contributed by atoms with Gasteiger partial charge in [-0.25, -0.2) is 0 Å². The molecule has 0 saturated heterocycles. The molecule has 1 atom stereocenters. The van der Waals surface area contributed by atoms with Crippen molar-refractivity contribution < 1.29 is 14.1 Å². The van der Waals surface area contributed by atoms with Crippen molar-refractivity contribution >= 4 is 5.91 Å². The Hall–Kier alpha value is -2.41. The van der Waals surface area contributed by atoms with E-state index < -0.39 is 5.54 Å². The summed E-state index contributed by atoms with van der Waals surface area (Å²) in [6.45, 7) is 8.74. The molecule has 7 nitrogen and oxygen atoms in total. The second-order valence-corrected chi connectivity index (χ2v) is 7.09. The third kappa shape index (κ3) is 5.56. The Morgan fingerprint density at radius 3 is 2.58 bits per heavy atom. The average Bonchev–Trinajstić information content (AvgIpc) is 3.07. The molecule has 1 unspecified atom stereocenters. The maximum Gasteiger partial charge on any atom is 0.251 e.